The van der Waals surface area contributed by atoms with Crippen molar-refractivity contribution in [3.8, 4) is 0 Å². The minimum Gasteiger partial charge on any atom is -1.00 e. The van der Waals surface area contributed by atoms with E-state index in [2.05, 4.69) is 101 Å². The van der Waals surface area contributed by atoms with E-state index in [1.807, 2.05) is 0 Å². The van der Waals surface area contributed by atoms with Crippen LogP contribution in [0.4, 0.5) is 0 Å². The Labute approximate surface area is 217 Å². The minimum atomic E-state index is -0.167. The fourth-order valence-electron chi connectivity index (χ4n) is 4.51. The van der Waals surface area contributed by atoms with Crippen molar-refractivity contribution in [2.24, 2.45) is 5.41 Å². The predicted molar refractivity (Wildman–Crippen MR) is 112 cm³/mol. The Morgan fingerprint density at radius 1 is 0.800 bits per heavy atom. The molecule has 0 nitrogen and oxygen atoms in total. The number of allylic oxidation sites excluding steroid dienone is 4. The van der Waals surface area contributed by atoms with Gasteiger partial charge in [0.15, 0.2) is 0 Å². The molecule has 0 aromatic heterocycles. The summed E-state index contributed by atoms with van der Waals surface area (Å²) in [5.41, 5.74) is 5.40. The number of benzene rings is 2. The van der Waals surface area contributed by atoms with Crippen molar-refractivity contribution in [3.05, 3.63) is 95.1 Å². The third-order valence-corrected chi connectivity index (χ3v) is 5.65. The van der Waals surface area contributed by atoms with E-state index in [-0.39, 0.29) is 69.8 Å². The molecule has 4 heteroatoms. The summed E-state index contributed by atoms with van der Waals surface area (Å²) >= 11 is 0. The first kappa shape index (κ1) is 31.7. The molecule has 30 heavy (non-hydrogen) atoms. The van der Waals surface area contributed by atoms with E-state index in [0.29, 0.717) is 0 Å². The van der Waals surface area contributed by atoms with Gasteiger partial charge in [-0.05, 0) is 16.5 Å². The van der Waals surface area contributed by atoms with Gasteiger partial charge < -0.3 is 37.2 Å². The number of hydrogen-bond donors (Lipinski definition) is 0. The summed E-state index contributed by atoms with van der Waals surface area (Å²) in [5.74, 6) is 0. The van der Waals surface area contributed by atoms with Crippen molar-refractivity contribution < 1.29 is 58.9 Å². The molecule has 0 spiro atoms. The number of unbranched alkanes of at least 4 members (excludes halogenated alkanes) is 1. The van der Waals surface area contributed by atoms with E-state index in [4.69, 9.17) is 0 Å². The summed E-state index contributed by atoms with van der Waals surface area (Å²) < 4.78 is 0. The van der Waals surface area contributed by atoms with Crippen LogP contribution < -0.4 is 37.2 Å². The van der Waals surface area contributed by atoms with Gasteiger partial charge in [0.25, 0.3) is 0 Å². The molecule has 0 aliphatic heterocycles. The first-order valence-electron chi connectivity index (χ1n) is 9.93. The van der Waals surface area contributed by atoms with Crippen LogP contribution in [0.15, 0.2) is 77.9 Å². The number of rotatable bonds is 6. The Morgan fingerprint density at radius 2 is 1.27 bits per heavy atom. The van der Waals surface area contributed by atoms with E-state index in [1.54, 1.807) is 0 Å². The summed E-state index contributed by atoms with van der Waals surface area (Å²) in [5, 5.41) is 0. The average molecular weight is 498 g/mol. The molecular weight excluding hydrogens is 467 g/mol. The molecule has 0 saturated heterocycles. The molecule has 1 aliphatic carbocycles. The summed E-state index contributed by atoms with van der Waals surface area (Å²) in [6.45, 7) is 9.36. The fraction of sp³-hybridized carbons (Fsp3) is 0.385. The molecule has 1 aliphatic rings. The van der Waals surface area contributed by atoms with Crippen molar-refractivity contribution in [1.29, 1.82) is 0 Å². The topological polar surface area (TPSA) is 0 Å². The van der Waals surface area contributed by atoms with Gasteiger partial charge in [-0.25, -0.2) is 17.7 Å². The van der Waals surface area contributed by atoms with Crippen LogP contribution in [-0.2, 0) is 27.1 Å². The second-order valence-electron chi connectivity index (χ2n) is 8.37. The van der Waals surface area contributed by atoms with E-state index < -0.39 is 0 Å². The van der Waals surface area contributed by atoms with E-state index >= 15 is 0 Å². The zero-order chi connectivity index (χ0) is 18.6. The Kier molecular flexibility index (Phi) is 14.6. The van der Waals surface area contributed by atoms with Crippen molar-refractivity contribution >= 4 is 0 Å². The molecule has 0 atom stereocenters. The van der Waals surface area contributed by atoms with E-state index in [0.717, 1.165) is 12.8 Å². The summed E-state index contributed by atoms with van der Waals surface area (Å²) in [6, 6.07) is 22.0. The largest absolute Gasteiger partial charge is 4.00 e. The maximum absolute atomic E-state index is 3.85. The quantitative estimate of drug-likeness (QED) is 0.329. The molecule has 2 aromatic carbocycles. The predicted octanol–water partition coefficient (Wildman–Crippen LogP) is -1.72. The Morgan fingerprint density at radius 3 is 1.67 bits per heavy atom. The number of halogens is 3. The molecular formula is C26H31Cl3Ti. The van der Waals surface area contributed by atoms with Gasteiger partial charge >= 0.3 is 21.7 Å². The van der Waals surface area contributed by atoms with Crippen LogP contribution in [-0.4, -0.2) is 0 Å². The second-order valence-corrected chi connectivity index (χ2v) is 8.37. The Bertz CT molecular complexity index is 751. The standard InChI is InChI=1S/C26H31.3ClH.Ti/c1-5-6-13-21-18-19-24(20-21)26(25(2,3)4,22-14-9-7-10-15-22)23-16-11-8-12-17-23;;;;/h7-12,14-18H,5-6,13,19H2,1-4H3;3*1H;/q-1;;;;+4/p-3. The second kappa shape index (κ2) is 13.8. The monoisotopic (exact) mass is 496 g/mol. The normalized spacial score (nSPS) is 12.9. The van der Waals surface area contributed by atoms with E-state index in [1.165, 1.54) is 35.1 Å². The Balaban J connectivity index is 0. The molecule has 0 fully saturated rings. The smallest absolute Gasteiger partial charge is 1.00 e. The first-order valence-corrected chi connectivity index (χ1v) is 9.93. The van der Waals surface area contributed by atoms with Gasteiger partial charge in [-0.2, -0.15) is 5.57 Å². The van der Waals surface area contributed by atoms with Gasteiger partial charge in [-0.3, -0.25) is 0 Å². The molecule has 3 rings (SSSR count). The third-order valence-electron chi connectivity index (χ3n) is 5.65. The molecule has 160 valence electrons. The molecule has 0 saturated carbocycles. The van der Waals surface area contributed by atoms with Crippen molar-refractivity contribution in [1.82, 2.24) is 0 Å². The third kappa shape index (κ3) is 6.27. The maximum atomic E-state index is 3.85. The van der Waals surface area contributed by atoms with Gasteiger partial charge in [0.1, 0.15) is 0 Å². The summed E-state index contributed by atoms with van der Waals surface area (Å²) in [6.07, 6.45) is 10.9. The fourth-order valence-corrected chi connectivity index (χ4v) is 4.51. The molecule has 2 aromatic rings. The van der Waals surface area contributed by atoms with Gasteiger partial charge in [0.2, 0.25) is 0 Å². The molecule has 0 bridgehead atoms. The van der Waals surface area contributed by atoms with Gasteiger partial charge in [0.05, 0.1) is 0 Å². The van der Waals surface area contributed by atoms with Crippen LogP contribution in [0.2, 0.25) is 0 Å². The van der Waals surface area contributed by atoms with Gasteiger partial charge in [-0.1, -0.05) is 114 Å². The summed E-state index contributed by atoms with van der Waals surface area (Å²) in [7, 11) is 0. The van der Waals surface area contributed by atoms with Crippen molar-refractivity contribution in [2.45, 2.75) is 58.8 Å². The van der Waals surface area contributed by atoms with Crippen LogP contribution in [0.1, 0.15) is 64.5 Å². The van der Waals surface area contributed by atoms with Crippen LogP contribution >= 0.6 is 0 Å². The van der Waals surface area contributed by atoms with E-state index in [9.17, 15) is 0 Å². The molecule has 0 amide bonds. The first-order chi connectivity index (χ1) is 12.5. The number of hydrogen-bond acceptors (Lipinski definition) is 0. The van der Waals surface area contributed by atoms with Crippen molar-refractivity contribution in [3.63, 3.8) is 0 Å². The van der Waals surface area contributed by atoms with Crippen LogP contribution in [0.25, 0.3) is 0 Å². The van der Waals surface area contributed by atoms with Crippen LogP contribution in [0.3, 0.4) is 0 Å². The zero-order valence-electron chi connectivity index (χ0n) is 18.3. The SMILES string of the molecule is CCCCC1=CCC(C(c2ccccc2)(c2ccccc2)C(C)(C)C)=[C-]1.[Cl-].[Cl-].[Cl-].[Ti+4]. The van der Waals surface area contributed by atoms with Crippen LogP contribution in [0.5, 0.6) is 0 Å². The molecule has 0 N–H and O–H groups in total. The zero-order valence-corrected chi connectivity index (χ0v) is 22.1. The molecule has 0 unspecified atom stereocenters. The average Bonchev–Trinajstić information content (AvgIpc) is 3.10. The van der Waals surface area contributed by atoms with Crippen LogP contribution in [0, 0.1) is 11.5 Å². The van der Waals surface area contributed by atoms with Crippen molar-refractivity contribution in [2.75, 3.05) is 0 Å². The molecule has 0 radical (unpaired) electrons. The Hall–Kier alpha value is -0.496. The minimum absolute atomic E-state index is 0. The van der Waals surface area contributed by atoms with Gasteiger partial charge in [0, 0.05) is 5.41 Å². The maximum Gasteiger partial charge on any atom is 4.00 e. The van der Waals surface area contributed by atoms with Gasteiger partial charge in [-0.15, -0.1) is 0 Å². The summed E-state index contributed by atoms with van der Waals surface area (Å²) in [4.78, 5) is 0. The molecule has 0 heterocycles.